The van der Waals surface area contributed by atoms with Crippen molar-refractivity contribution < 1.29 is 14.4 Å². The molecule has 0 radical (unpaired) electrons. The fourth-order valence-electron chi connectivity index (χ4n) is 4.70. The van der Waals surface area contributed by atoms with Crippen LogP contribution in [-0.2, 0) is 11.3 Å². The van der Waals surface area contributed by atoms with Gasteiger partial charge in [-0.2, -0.15) is 0 Å². The van der Waals surface area contributed by atoms with Crippen LogP contribution >= 0.6 is 0 Å². The molecule has 0 saturated carbocycles. The summed E-state index contributed by atoms with van der Waals surface area (Å²) in [4.78, 5) is 16.7. The number of nitrogens with zero attached hydrogens (tertiary/aromatic N) is 1. The van der Waals surface area contributed by atoms with Crippen LogP contribution in [0.25, 0.3) is 0 Å². The highest BCUT2D eigenvalue weighted by Gasteiger charge is 2.31. The average molecular weight is 394 g/mol. The summed E-state index contributed by atoms with van der Waals surface area (Å²) in [7, 11) is 0. The van der Waals surface area contributed by atoms with Gasteiger partial charge < -0.3 is 14.5 Å². The van der Waals surface area contributed by atoms with E-state index in [0.717, 1.165) is 57.1 Å². The van der Waals surface area contributed by atoms with E-state index in [-0.39, 0.29) is 5.92 Å². The molecule has 0 aromatic heterocycles. The Morgan fingerprint density at radius 2 is 1.69 bits per heavy atom. The maximum Gasteiger partial charge on any atom is 0.231 e. The molecule has 1 unspecified atom stereocenters. The molecule has 2 aliphatic rings. The molecule has 4 heteroatoms. The summed E-state index contributed by atoms with van der Waals surface area (Å²) < 4.78 is 5.99. The van der Waals surface area contributed by atoms with E-state index in [4.69, 9.17) is 4.74 Å². The van der Waals surface area contributed by atoms with Crippen LogP contribution in [0.3, 0.4) is 0 Å². The molecule has 0 aliphatic carbocycles. The molecule has 2 saturated heterocycles. The largest absolute Gasteiger partial charge is 0.457 e. The normalized spacial score (nSPS) is 22.7. The first-order chi connectivity index (χ1) is 14.3. The predicted octanol–water partition coefficient (Wildman–Crippen LogP) is 3.68. The number of hydrogen-bond donors (Lipinski definition) is 1. The second-order valence-electron chi connectivity index (χ2n) is 8.52. The van der Waals surface area contributed by atoms with E-state index in [0.29, 0.717) is 5.91 Å². The van der Waals surface area contributed by atoms with Gasteiger partial charge in [0.05, 0.1) is 19.0 Å². The van der Waals surface area contributed by atoms with Crippen LogP contribution in [0.1, 0.15) is 44.1 Å². The van der Waals surface area contributed by atoms with E-state index in [1.807, 2.05) is 36.4 Å². The summed E-state index contributed by atoms with van der Waals surface area (Å²) in [5, 5.41) is 0. The lowest BCUT2D eigenvalue weighted by Crippen LogP contribution is -3.12. The van der Waals surface area contributed by atoms with Gasteiger partial charge in [0.1, 0.15) is 18.0 Å². The first-order valence-electron chi connectivity index (χ1n) is 11.2. The number of ether oxygens (including phenoxy) is 1. The predicted molar refractivity (Wildman–Crippen MR) is 115 cm³/mol. The van der Waals surface area contributed by atoms with Gasteiger partial charge >= 0.3 is 0 Å². The maximum atomic E-state index is 13.1. The number of nitrogens with one attached hydrogen (secondary N) is 1. The van der Waals surface area contributed by atoms with E-state index < -0.39 is 0 Å². The van der Waals surface area contributed by atoms with Crippen molar-refractivity contribution in [1.29, 1.82) is 0 Å². The highest BCUT2D eigenvalue weighted by molar-refractivity contribution is 5.79. The SMILES string of the molecule is O=C([C@@H]1CCC[NH+](Cc2cccc(Oc3ccccc3)c2)C1)N1CCCCCC1. The zero-order valence-electron chi connectivity index (χ0n) is 17.3. The van der Waals surface area contributed by atoms with Crippen molar-refractivity contribution in [2.24, 2.45) is 5.92 Å². The molecular formula is C25H33N2O2+. The van der Waals surface area contributed by atoms with E-state index >= 15 is 0 Å². The first kappa shape index (κ1) is 20.0. The number of likely N-dealkylation sites (tertiary alicyclic amines) is 2. The Morgan fingerprint density at radius 1 is 0.931 bits per heavy atom. The van der Waals surface area contributed by atoms with Crippen LogP contribution < -0.4 is 9.64 Å². The Kier molecular flexibility index (Phi) is 6.83. The van der Waals surface area contributed by atoms with Crippen molar-refractivity contribution in [2.75, 3.05) is 26.2 Å². The van der Waals surface area contributed by atoms with Crippen molar-refractivity contribution in [3.8, 4) is 11.5 Å². The van der Waals surface area contributed by atoms with Crippen molar-refractivity contribution in [1.82, 2.24) is 4.90 Å². The Bertz CT molecular complexity index is 784. The molecule has 0 spiro atoms. The van der Waals surface area contributed by atoms with Gasteiger partial charge in [-0.05, 0) is 49.9 Å². The Hall–Kier alpha value is -2.33. The summed E-state index contributed by atoms with van der Waals surface area (Å²) in [5.41, 5.74) is 1.27. The smallest absolute Gasteiger partial charge is 0.231 e. The lowest BCUT2D eigenvalue weighted by molar-refractivity contribution is -0.921. The number of amides is 1. The lowest BCUT2D eigenvalue weighted by Gasteiger charge is -2.32. The number of carbonyl (C=O) groups excluding carboxylic acids is 1. The van der Waals surface area contributed by atoms with Gasteiger partial charge in [-0.25, -0.2) is 0 Å². The molecule has 1 N–H and O–H groups in total. The third-order valence-electron chi connectivity index (χ3n) is 6.22. The zero-order valence-corrected chi connectivity index (χ0v) is 17.3. The molecule has 2 aromatic rings. The summed E-state index contributed by atoms with van der Waals surface area (Å²) >= 11 is 0. The fraction of sp³-hybridized carbons (Fsp3) is 0.480. The van der Waals surface area contributed by atoms with Crippen molar-refractivity contribution >= 4 is 5.91 Å². The number of benzene rings is 2. The summed E-state index contributed by atoms with van der Waals surface area (Å²) in [6.45, 7) is 4.98. The minimum atomic E-state index is 0.195. The molecule has 0 bridgehead atoms. The third-order valence-corrected chi connectivity index (χ3v) is 6.22. The molecular weight excluding hydrogens is 360 g/mol. The molecule has 1 amide bonds. The van der Waals surface area contributed by atoms with Crippen LogP contribution in [0.4, 0.5) is 0 Å². The van der Waals surface area contributed by atoms with E-state index in [1.165, 1.54) is 36.1 Å². The quantitative estimate of drug-likeness (QED) is 0.841. The maximum absolute atomic E-state index is 13.1. The van der Waals surface area contributed by atoms with Gasteiger partial charge in [-0.3, -0.25) is 4.79 Å². The zero-order chi connectivity index (χ0) is 19.9. The highest BCUT2D eigenvalue weighted by Crippen LogP contribution is 2.22. The van der Waals surface area contributed by atoms with E-state index in [1.54, 1.807) is 0 Å². The Labute approximate surface area is 174 Å². The van der Waals surface area contributed by atoms with Crippen molar-refractivity contribution in [3.63, 3.8) is 0 Å². The summed E-state index contributed by atoms with van der Waals surface area (Å²) in [5.74, 6) is 2.34. The lowest BCUT2D eigenvalue weighted by atomic mass is 9.96. The molecule has 2 aliphatic heterocycles. The average Bonchev–Trinajstić information content (AvgIpc) is 3.04. The van der Waals surface area contributed by atoms with Gasteiger partial charge in [0, 0.05) is 18.7 Å². The number of carbonyl (C=O) groups is 1. The van der Waals surface area contributed by atoms with Crippen molar-refractivity contribution in [2.45, 2.75) is 45.1 Å². The Balaban J connectivity index is 1.35. The van der Waals surface area contributed by atoms with Gasteiger partial charge in [0.2, 0.25) is 5.91 Å². The molecule has 2 aromatic carbocycles. The minimum absolute atomic E-state index is 0.195. The Morgan fingerprint density at radius 3 is 2.48 bits per heavy atom. The van der Waals surface area contributed by atoms with Crippen LogP contribution in [0.5, 0.6) is 11.5 Å². The topological polar surface area (TPSA) is 34.0 Å². The molecule has 2 heterocycles. The van der Waals surface area contributed by atoms with Gasteiger partial charge in [-0.15, -0.1) is 0 Å². The molecule has 4 rings (SSSR count). The van der Waals surface area contributed by atoms with Crippen LogP contribution in [0, 0.1) is 5.92 Å². The second kappa shape index (κ2) is 9.93. The molecule has 154 valence electrons. The number of rotatable bonds is 5. The van der Waals surface area contributed by atoms with Crippen LogP contribution in [0.15, 0.2) is 54.6 Å². The van der Waals surface area contributed by atoms with Gasteiger partial charge in [0.25, 0.3) is 0 Å². The van der Waals surface area contributed by atoms with E-state index in [9.17, 15) is 4.79 Å². The van der Waals surface area contributed by atoms with Crippen LogP contribution in [-0.4, -0.2) is 37.0 Å². The van der Waals surface area contributed by atoms with Gasteiger partial charge in [0.15, 0.2) is 0 Å². The standard InChI is InChI=1S/C25H32N2O2/c28-25(27-16-6-1-2-7-17-27)22-11-9-15-26(20-22)19-21-10-8-14-24(18-21)29-23-12-4-3-5-13-23/h3-5,8,10,12-14,18,22H,1-2,6-7,9,11,15-17,19-20H2/p+1/t22-/m1/s1. The monoisotopic (exact) mass is 393 g/mol. The third kappa shape index (κ3) is 5.60. The molecule has 2 fully saturated rings. The molecule has 2 atom stereocenters. The summed E-state index contributed by atoms with van der Waals surface area (Å²) in [6.07, 6.45) is 7.07. The molecule has 4 nitrogen and oxygen atoms in total. The number of hydrogen-bond acceptors (Lipinski definition) is 2. The van der Waals surface area contributed by atoms with Crippen LogP contribution in [0.2, 0.25) is 0 Å². The minimum Gasteiger partial charge on any atom is -0.457 e. The number of piperidine rings is 1. The van der Waals surface area contributed by atoms with Gasteiger partial charge in [-0.1, -0.05) is 43.2 Å². The van der Waals surface area contributed by atoms with Crippen molar-refractivity contribution in [3.05, 3.63) is 60.2 Å². The second-order valence-corrected chi connectivity index (χ2v) is 8.52. The number of para-hydroxylation sites is 1. The summed E-state index contributed by atoms with van der Waals surface area (Å²) in [6, 6.07) is 18.3. The number of quaternary nitrogens is 1. The fourth-order valence-corrected chi connectivity index (χ4v) is 4.70. The molecule has 29 heavy (non-hydrogen) atoms. The first-order valence-corrected chi connectivity index (χ1v) is 11.2. The highest BCUT2D eigenvalue weighted by atomic mass is 16.5. The van der Waals surface area contributed by atoms with E-state index in [2.05, 4.69) is 23.1 Å².